The molecule has 1 amide bonds. The fraction of sp³-hybridized carbons (Fsp3) is 0.304. The van der Waals surface area contributed by atoms with Gasteiger partial charge in [0.15, 0.2) is 0 Å². The van der Waals surface area contributed by atoms with E-state index in [1.165, 1.54) is 5.69 Å². The average molecular weight is 375 g/mol. The van der Waals surface area contributed by atoms with Crippen molar-refractivity contribution < 1.29 is 9.53 Å². The third-order valence-electron chi connectivity index (χ3n) is 5.21. The van der Waals surface area contributed by atoms with E-state index in [0.29, 0.717) is 6.42 Å². The summed E-state index contributed by atoms with van der Waals surface area (Å²) in [6.45, 7) is 5.41. The number of hydrogen-bond acceptors (Lipinski definition) is 4. The second-order valence-electron chi connectivity index (χ2n) is 7.15. The molecular formula is C23H25N3O2. The van der Waals surface area contributed by atoms with Crippen LogP contribution in [0.5, 0.6) is 0 Å². The molecule has 1 aliphatic rings. The van der Waals surface area contributed by atoms with Crippen LogP contribution in [0.1, 0.15) is 24.1 Å². The zero-order chi connectivity index (χ0) is 19.3. The van der Waals surface area contributed by atoms with Crippen molar-refractivity contribution in [2.45, 2.75) is 19.4 Å². The molecule has 0 unspecified atom stereocenters. The third kappa shape index (κ3) is 4.15. The molecule has 28 heavy (non-hydrogen) atoms. The summed E-state index contributed by atoms with van der Waals surface area (Å²) in [6.07, 6.45) is 2.09. The van der Waals surface area contributed by atoms with Crippen molar-refractivity contribution in [3.63, 3.8) is 0 Å². The first-order chi connectivity index (χ1) is 13.7. The van der Waals surface area contributed by atoms with Crippen LogP contribution >= 0.6 is 0 Å². The molecule has 1 saturated heterocycles. The molecule has 1 N–H and O–H groups in total. The Kier molecular flexibility index (Phi) is 5.53. The van der Waals surface area contributed by atoms with Crippen molar-refractivity contribution in [1.29, 1.82) is 0 Å². The highest BCUT2D eigenvalue weighted by Gasteiger charge is 2.14. The van der Waals surface area contributed by atoms with E-state index in [4.69, 9.17) is 4.74 Å². The van der Waals surface area contributed by atoms with Gasteiger partial charge in [0, 0.05) is 30.4 Å². The maximum atomic E-state index is 12.6. The molecule has 0 saturated carbocycles. The highest BCUT2D eigenvalue weighted by molar-refractivity contribution is 5.87. The van der Waals surface area contributed by atoms with Crippen LogP contribution in [0.2, 0.25) is 0 Å². The van der Waals surface area contributed by atoms with E-state index in [1.807, 2.05) is 37.3 Å². The Morgan fingerprint density at radius 2 is 1.86 bits per heavy atom. The van der Waals surface area contributed by atoms with Crippen LogP contribution in [0.15, 0.2) is 60.8 Å². The van der Waals surface area contributed by atoms with Gasteiger partial charge in [-0.15, -0.1) is 0 Å². The first kappa shape index (κ1) is 18.4. The summed E-state index contributed by atoms with van der Waals surface area (Å²) in [6, 6.07) is 18.3. The summed E-state index contributed by atoms with van der Waals surface area (Å²) in [4.78, 5) is 19.3. The molecule has 0 spiro atoms. The standard InChI is InChI=1S/C23H25N3O2/c1-17(18-7-9-21(10-8-18)26-12-14-28-15-13-26)25-22(27)16-20-5-2-4-19-6-3-11-24-23(19)20/h2-11,17H,12-16H2,1H3,(H,25,27)/t17-/m0/s1. The molecule has 0 radical (unpaired) electrons. The molecule has 0 aliphatic carbocycles. The number of nitrogens with one attached hydrogen (secondary N) is 1. The summed E-state index contributed by atoms with van der Waals surface area (Å²) < 4.78 is 5.41. The van der Waals surface area contributed by atoms with Crippen LogP contribution in [0.25, 0.3) is 10.9 Å². The van der Waals surface area contributed by atoms with E-state index < -0.39 is 0 Å². The van der Waals surface area contributed by atoms with E-state index in [0.717, 1.165) is 48.3 Å². The maximum Gasteiger partial charge on any atom is 0.224 e. The van der Waals surface area contributed by atoms with E-state index in [-0.39, 0.29) is 11.9 Å². The van der Waals surface area contributed by atoms with Crippen LogP contribution in [0.3, 0.4) is 0 Å². The normalized spacial score (nSPS) is 15.4. The largest absolute Gasteiger partial charge is 0.378 e. The van der Waals surface area contributed by atoms with Gasteiger partial charge in [-0.2, -0.15) is 0 Å². The molecule has 1 atom stereocenters. The zero-order valence-electron chi connectivity index (χ0n) is 16.1. The van der Waals surface area contributed by atoms with Crippen molar-refractivity contribution in [2.75, 3.05) is 31.2 Å². The van der Waals surface area contributed by atoms with E-state index in [1.54, 1.807) is 6.20 Å². The molecule has 2 heterocycles. The Morgan fingerprint density at radius 3 is 2.64 bits per heavy atom. The number of nitrogens with zero attached hydrogens (tertiary/aromatic N) is 2. The summed E-state index contributed by atoms with van der Waals surface area (Å²) >= 11 is 0. The van der Waals surface area contributed by atoms with E-state index in [9.17, 15) is 4.79 Å². The number of carbonyl (C=O) groups excluding carboxylic acids is 1. The van der Waals surface area contributed by atoms with Gasteiger partial charge in [0.1, 0.15) is 0 Å². The van der Waals surface area contributed by atoms with Crippen LogP contribution in [0, 0.1) is 0 Å². The van der Waals surface area contributed by atoms with E-state index >= 15 is 0 Å². The number of aromatic nitrogens is 1. The fourth-order valence-corrected chi connectivity index (χ4v) is 3.65. The van der Waals surface area contributed by atoms with Crippen molar-refractivity contribution in [3.05, 3.63) is 71.9 Å². The van der Waals surface area contributed by atoms with Crippen LogP contribution in [0.4, 0.5) is 5.69 Å². The van der Waals surface area contributed by atoms with Gasteiger partial charge >= 0.3 is 0 Å². The highest BCUT2D eigenvalue weighted by atomic mass is 16.5. The smallest absolute Gasteiger partial charge is 0.224 e. The number of morpholine rings is 1. The van der Waals surface area contributed by atoms with Crippen LogP contribution < -0.4 is 10.2 Å². The van der Waals surface area contributed by atoms with Gasteiger partial charge in [-0.05, 0) is 36.2 Å². The van der Waals surface area contributed by atoms with Gasteiger partial charge in [-0.25, -0.2) is 0 Å². The van der Waals surface area contributed by atoms with Crippen LogP contribution in [-0.2, 0) is 16.0 Å². The average Bonchev–Trinajstić information content (AvgIpc) is 2.75. The van der Waals surface area contributed by atoms with Gasteiger partial charge < -0.3 is 15.0 Å². The second-order valence-corrected chi connectivity index (χ2v) is 7.15. The minimum Gasteiger partial charge on any atom is -0.378 e. The molecule has 4 rings (SSSR count). The number of carbonyl (C=O) groups is 1. The lowest BCUT2D eigenvalue weighted by atomic mass is 10.0. The highest BCUT2D eigenvalue weighted by Crippen LogP contribution is 2.21. The molecule has 1 aromatic heterocycles. The predicted molar refractivity (Wildman–Crippen MR) is 111 cm³/mol. The Balaban J connectivity index is 1.40. The number of ether oxygens (including phenoxy) is 1. The Labute approximate surface area is 165 Å². The number of pyridine rings is 1. The lowest BCUT2D eigenvalue weighted by molar-refractivity contribution is -0.121. The van der Waals surface area contributed by atoms with Crippen molar-refractivity contribution in [1.82, 2.24) is 10.3 Å². The Morgan fingerprint density at radius 1 is 1.11 bits per heavy atom. The summed E-state index contributed by atoms with van der Waals surface area (Å²) in [5, 5.41) is 4.16. The number of anilines is 1. The SMILES string of the molecule is C[C@H](NC(=O)Cc1cccc2cccnc12)c1ccc(N2CCOCC2)cc1. The monoisotopic (exact) mass is 375 g/mol. The number of para-hydroxylation sites is 1. The van der Waals surface area contributed by atoms with Crippen molar-refractivity contribution in [2.24, 2.45) is 0 Å². The minimum atomic E-state index is -0.0471. The van der Waals surface area contributed by atoms with E-state index in [2.05, 4.69) is 39.5 Å². The number of rotatable bonds is 5. The first-order valence-corrected chi connectivity index (χ1v) is 9.75. The van der Waals surface area contributed by atoms with Gasteiger partial charge in [0.2, 0.25) is 5.91 Å². The Bertz CT molecular complexity index is 944. The lowest BCUT2D eigenvalue weighted by Gasteiger charge is -2.29. The summed E-state index contributed by atoms with van der Waals surface area (Å²) in [7, 11) is 0. The summed E-state index contributed by atoms with van der Waals surface area (Å²) in [5.74, 6) is 0.00269. The lowest BCUT2D eigenvalue weighted by Crippen LogP contribution is -2.36. The molecule has 3 aromatic rings. The quantitative estimate of drug-likeness (QED) is 0.742. The number of hydrogen-bond donors (Lipinski definition) is 1. The topological polar surface area (TPSA) is 54.5 Å². The fourth-order valence-electron chi connectivity index (χ4n) is 3.65. The van der Waals surface area contributed by atoms with Gasteiger partial charge in [0.25, 0.3) is 0 Å². The van der Waals surface area contributed by atoms with Gasteiger partial charge in [-0.1, -0.05) is 36.4 Å². The third-order valence-corrected chi connectivity index (χ3v) is 5.21. The molecule has 2 aromatic carbocycles. The van der Waals surface area contributed by atoms with Gasteiger partial charge in [-0.3, -0.25) is 9.78 Å². The molecule has 0 bridgehead atoms. The number of amides is 1. The maximum absolute atomic E-state index is 12.6. The summed E-state index contributed by atoms with van der Waals surface area (Å²) in [5.41, 5.74) is 4.14. The molecular weight excluding hydrogens is 350 g/mol. The molecule has 5 nitrogen and oxygen atoms in total. The van der Waals surface area contributed by atoms with Crippen molar-refractivity contribution in [3.8, 4) is 0 Å². The second kappa shape index (κ2) is 8.40. The molecule has 5 heteroatoms. The van der Waals surface area contributed by atoms with Crippen LogP contribution in [-0.4, -0.2) is 37.2 Å². The first-order valence-electron chi connectivity index (χ1n) is 9.75. The zero-order valence-corrected chi connectivity index (χ0v) is 16.1. The number of benzene rings is 2. The number of fused-ring (bicyclic) bond motifs is 1. The Hall–Kier alpha value is -2.92. The minimum absolute atomic E-state index is 0.00269. The molecule has 1 fully saturated rings. The predicted octanol–water partition coefficient (Wildman–Crippen LogP) is 3.49. The molecule has 1 aliphatic heterocycles. The van der Waals surface area contributed by atoms with Gasteiger partial charge in [0.05, 0.1) is 31.2 Å². The molecule has 144 valence electrons. The van der Waals surface area contributed by atoms with Crippen molar-refractivity contribution >= 4 is 22.5 Å².